The summed E-state index contributed by atoms with van der Waals surface area (Å²) in [6, 6.07) is 7.72. The van der Waals surface area contributed by atoms with Gasteiger partial charge in [0.25, 0.3) is 5.91 Å². The highest BCUT2D eigenvalue weighted by atomic mass is 16.5. The first-order valence-electron chi connectivity index (χ1n) is 8.62. The largest absolute Gasteiger partial charge is 0.377 e. The Labute approximate surface area is 142 Å². The zero-order valence-electron chi connectivity index (χ0n) is 14.1. The third-order valence-corrected chi connectivity index (χ3v) is 4.70. The number of urea groups is 1. The molecule has 1 saturated heterocycles. The van der Waals surface area contributed by atoms with E-state index in [0.29, 0.717) is 44.2 Å². The first kappa shape index (κ1) is 16.8. The van der Waals surface area contributed by atoms with Crippen LogP contribution in [-0.4, -0.2) is 56.2 Å². The molecule has 6 heteroatoms. The van der Waals surface area contributed by atoms with Crippen LogP contribution in [0.15, 0.2) is 24.3 Å². The minimum absolute atomic E-state index is 0.00217. The number of ether oxygens (including phenoxy) is 1. The molecule has 1 atom stereocenters. The summed E-state index contributed by atoms with van der Waals surface area (Å²) in [6.07, 6.45) is 3.10. The quantitative estimate of drug-likeness (QED) is 0.857. The van der Waals surface area contributed by atoms with Gasteiger partial charge in [0.1, 0.15) is 0 Å². The van der Waals surface area contributed by atoms with E-state index in [1.165, 1.54) is 12.8 Å². The van der Waals surface area contributed by atoms with Crippen molar-refractivity contribution >= 4 is 11.9 Å². The third-order valence-electron chi connectivity index (χ3n) is 4.70. The first-order chi connectivity index (χ1) is 11.7. The Kier molecular flexibility index (Phi) is 5.35. The molecule has 3 rings (SSSR count). The Bertz CT molecular complexity index is 601. The normalized spacial score (nSPS) is 20.5. The lowest BCUT2D eigenvalue weighted by Crippen LogP contribution is -2.53. The van der Waals surface area contributed by atoms with Crippen LogP contribution >= 0.6 is 0 Å². The Morgan fingerprint density at radius 3 is 2.92 bits per heavy atom. The minimum Gasteiger partial charge on any atom is -0.377 e. The lowest BCUT2D eigenvalue weighted by molar-refractivity contribution is 0.00477. The Balaban J connectivity index is 1.50. The van der Waals surface area contributed by atoms with Crippen molar-refractivity contribution in [1.82, 2.24) is 15.5 Å². The monoisotopic (exact) mass is 331 g/mol. The lowest BCUT2D eigenvalue weighted by Gasteiger charge is -2.35. The van der Waals surface area contributed by atoms with Gasteiger partial charge in [0, 0.05) is 25.7 Å². The number of amides is 3. The number of rotatable bonds is 5. The fraction of sp³-hybridized carbons (Fsp3) is 0.556. The summed E-state index contributed by atoms with van der Waals surface area (Å²) in [7, 11) is 1.62. The zero-order chi connectivity index (χ0) is 16.9. The van der Waals surface area contributed by atoms with Crippen LogP contribution < -0.4 is 10.6 Å². The van der Waals surface area contributed by atoms with Crippen LogP contribution in [0.5, 0.6) is 0 Å². The summed E-state index contributed by atoms with van der Waals surface area (Å²) in [6.45, 7) is 2.50. The van der Waals surface area contributed by atoms with Gasteiger partial charge in [-0.3, -0.25) is 4.79 Å². The molecule has 1 aliphatic heterocycles. The SMILES string of the molecule is CNC(=O)c1cccc(CCNC(=O)N2CCOC[C@H]2C2CC2)c1. The van der Waals surface area contributed by atoms with Crippen LogP contribution in [0.4, 0.5) is 4.79 Å². The third kappa shape index (κ3) is 4.06. The van der Waals surface area contributed by atoms with Crippen LogP contribution in [0.1, 0.15) is 28.8 Å². The molecule has 3 amide bonds. The fourth-order valence-electron chi connectivity index (χ4n) is 3.17. The summed E-state index contributed by atoms with van der Waals surface area (Å²) < 4.78 is 5.52. The number of hydrogen-bond acceptors (Lipinski definition) is 3. The average molecular weight is 331 g/mol. The van der Waals surface area contributed by atoms with Crippen LogP contribution in [0.25, 0.3) is 0 Å². The van der Waals surface area contributed by atoms with E-state index >= 15 is 0 Å². The average Bonchev–Trinajstić information content (AvgIpc) is 3.46. The molecule has 0 spiro atoms. The number of carbonyl (C=O) groups is 2. The molecule has 1 aliphatic carbocycles. The molecular formula is C18H25N3O3. The van der Waals surface area contributed by atoms with Gasteiger partial charge in [0.15, 0.2) is 0 Å². The second-order valence-electron chi connectivity index (χ2n) is 6.43. The van der Waals surface area contributed by atoms with Gasteiger partial charge in [-0.05, 0) is 42.9 Å². The Hall–Kier alpha value is -2.08. The molecule has 2 fully saturated rings. The highest BCUT2D eigenvalue weighted by Gasteiger charge is 2.39. The van der Waals surface area contributed by atoms with Crippen molar-refractivity contribution in [2.75, 3.05) is 33.4 Å². The summed E-state index contributed by atoms with van der Waals surface area (Å²) in [5.74, 6) is 0.516. The molecule has 0 bridgehead atoms. The fourth-order valence-corrected chi connectivity index (χ4v) is 3.17. The van der Waals surface area contributed by atoms with E-state index in [9.17, 15) is 9.59 Å². The molecule has 0 unspecified atom stereocenters. The smallest absolute Gasteiger partial charge is 0.317 e. The molecule has 1 aromatic rings. The first-order valence-corrected chi connectivity index (χ1v) is 8.62. The zero-order valence-corrected chi connectivity index (χ0v) is 14.1. The van der Waals surface area contributed by atoms with Gasteiger partial charge >= 0.3 is 6.03 Å². The molecule has 0 aromatic heterocycles. The van der Waals surface area contributed by atoms with Crippen LogP contribution in [-0.2, 0) is 11.2 Å². The number of nitrogens with zero attached hydrogens (tertiary/aromatic N) is 1. The molecule has 1 heterocycles. The summed E-state index contributed by atoms with van der Waals surface area (Å²) in [5, 5.41) is 5.63. The van der Waals surface area contributed by atoms with Gasteiger partial charge in [0.2, 0.25) is 0 Å². The summed E-state index contributed by atoms with van der Waals surface area (Å²) >= 11 is 0. The molecule has 130 valence electrons. The van der Waals surface area contributed by atoms with Gasteiger partial charge in [-0.15, -0.1) is 0 Å². The molecule has 2 N–H and O–H groups in total. The van der Waals surface area contributed by atoms with Gasteiger partial charge in [0.05, 0.1) is 19.3 Å². The summed E-state index contributed by atoms with van der Waals surface area (Å²) in [5.41, 5.74) is 1.68. The van der Waals surface area contributed by atoms with E-state index in [1.54, 1.807) is 13.1 Å². The van der Waals surface area contributed by atoms with E-state index in [1.807, 2.05) is 23.1 Å². The van der Waals surface area contributed by atoms with E-state index in [4.69, 9.17) is 4.74 Å². The molecule has 6 nitrogen and oxygen atoms in total. The van der Waals surface area contributed by atoms with Crippen LogP contribution in [0.3, 0.4) is 0 Å². The molecule has 24 heavy (non-hydrogen) atoms. The van der Waals surface area contributed by atoms with Crippen molar-refractivity contribution in [2.24, 2.45) is 5.92 Å². The number of nitrogens with one attached hydrogen (secondary N) is 2. The van der Waals surface area contributed by atoms with Gasteiger partial charge in [-0.25, -0.2) is 4.79 Å². The van der Waals surface area contributed by atoms with E-state index in [2.05, 4.69) is 10.6 Å². The van der Waals surface area contributed by atoms with Crippen molar-refractivity contribution in [2.45, 2.75) is 25.3 Å². The standard InChI is InChI=1S/C18H25N3O3/c1-19-17(22)15-4-2-3-13(11-15)7-8-20-18(23)21-9-10-24-12-16(21)14-5-6-14/h2-4,11,14,16H,5-10,12H2,1H3,(H,19,22)(H,20,23)/t16-/m0/s1. The highest BCUT2D eigenvalue weighted by Crippen LogP contribution is 2.36. The maximum absolute atomic E-state index is 12.4. The van der Waals surface area contributed by atoms with Crippen molar-refractivity contribution in [3.8, 4) is 0 Å². The number of hydrogen-bond donors (Lipinski definition) is 2. The Morgan fingerprint density at radius 2 is 2.17 bits per heavy atom. The van der Waals surface area contributed by atoms with Crippen molar-refractivity contribution in [3.05, 3.63) is 35.4 Å². The van der Waals surface area contributed by atoms with Crippen molar-refractivity contribution in [1.29, 1.82) is 0 Å². The van der Waals surface area contributed by atoms with Crippen molar-refractivity contribution < 1.29 is 14.3 Å². The lowest BCUT2D eigenvalue weighted by atomic mass is 10.1. The minimum atomic E-state index is -0.0959. The second kappa shape index (κ2) is 7.66. The molecule has 1 saturated carbocycles. The van der Waals surface area contributed by atoms with Crippen LogP contribution in [0.2, 0.25) is 0 Å². The van der Waals surface area contributed by atoms with E-state index in [0.717, 1.165) is 5.56 Å². The maximum atomic E-state index is 12.4. The second-order valence-corrected chi connectivity index (χ2v) is 6.43. The highest BCUT2D eigenvalue weighted by molar-refractivity contribution is 5.94. The van der Waals surface area contributed by atoms with Gasteiger partial charge in [-0.1, -0.05) is 12.1 Å². The van der Waals surface area contributed by atoms with Crippen LogP contribution in [0, 0.1) is 5.92 Å². The molecular weight excluding hydrogens is 306 g/mol. The summed E-state index contributed by atoms with van der Waals surface area (Å²) in [4.78, 5) is 26.0. The predicted molar refractivity (Wildman–Crippen MR) is 91.0 cm³/mol. The topological polar surface area (TPSA) is 70.7 Å². The molecule has 2 aliphatic rings. The number of carbonyl (C=O) groups excluding carboxylic acids is 2. The Morgan fingerprint density at radius 1 is 1.33 bits per heavy atom. The number of benzene rings is 1. The molecule has 0 radical (unpaired) electrons. The molecule has 1 aromatic carbocycles. The number of morpholine rings is 1. The predicted octanol–water partition coefficient (Wildman–Crippen LogP) is 1.41. The van der Waals surface area contributed by atoms with Gasteiger partial charge < -0.3 is 20.3 Å². The maximum Gasteiger partial charge on any atom is 0.317 e. The van der Waals surface area contributed by atoms with E-state index in [-0.39, 0.29) is 18.0 Å². The van der Waals surface area contributed by atoms with Gasteiger partial charge in [-0.2, -0.15) is 0 Å². The van der Waals surface area contributed by atoms with E-state index < -0.39 is 0 Å². The van der Waals surface area contributed by atoms with Crippen molar-refractivity contribution in [3.63, 3.8) is 0 Å².